The predicted octanol–water partition coefficient (Wildman–Crippen LogP) is 5.73. The van der Waals surface area contributed by atoms with Gasteiger partial charge in [0.25, 0.3) is 0 Å². The molecule has 130 valence electrons. The van der Waals surface area contributed by atoms with E-state index in [9.17, 15) is 5.11 Å². The minimum atomic E-state index is -0.373. The topological polar surface area (TPSA) is 20.2 Å². The van der Waals surface area contributed by atoms with E-state index < -0.39 is 0 Å². The fraction of sp³-hybridized carbons (Fsp3) is 0.909. The second kappa shape index (κ2) is 5.35. The molecule has 0 aliphatic heterocycles. The lowest BCUT2D eigenvalue weighted by Gasteiger charge is -2.60. The van der Waals surface area contributed by atoms with Gasteiger partial charge in [-0.2, -0.15) is 0 Å². The molecule has 0 aromatic carbocycles. The van der Waals surface area contributed by atoms with Crippen molar-refractivity contribution in [3.8, 4) is 0 Å². The maximum Gasteiger partial charge on any atom is 0.0703 e. The molecular formula is C22H36O. The number of allylic oxidation sites excluding steroid dienone is 2. The number of aliphatic hydroxyl groups is 1. The molecule has 7 atom stereocenters. The van der Waals surface area contributed by atoms with Gasteiger partial charge in [-0.15, -0.1) is 0 Å². The van der Waals surface area contributed by atoms with Crippen molar-refractivity contribution in [1.82, 2.24) is 0 Å². The first-order chi connectivity index (χ1) is 10.9. The van der Waals surface area contributed by atoms with Gasteiger partial charge in [0, 0.05) is 0 Å². The van der Waals surface area contributed by atoms with E-state index in [0.717, 1.165) is 42.9 Å². The van der Waals surface area contributed by atoms with Crippen LogP contribution in [0.25, 0.3) is 0 Å². The van der Waals surface area contributed by atoms with E-state index in [4.69, 9.17) is 0 Å². The van der Waals surface area contributed by atoms with Gasteiger partial charge in [-0.05, 0) is 92.3 Å². The Morgan fingerprint density at radius 3 is 2.57 bits per heavy atom. The summed E-state index contributed by atoms with van der Waals surface area (Å²) in [5.41, 5.74) is 0.365. The Hall–Kier alpha value is -0.300. The van der Waals surface area contributed by atoms with E-state index in [0.29, 0.717) is 5.41 Å². The summed E-state index contributed by atoms with van der Waals surface area (Å²) in [4.78, 5) is 0. The highest BCUT2D eigenvalue weighted by molar-refractivity contribution is 5.15. The predicted molar refractivity (Wildman–Crippen MR) is 96.1 cm³/mol. The summed E-state index contributed by atoms with van der Waals surface area (Å²) in [5.74, 6) is 3.50. The lowest BCUT2D eigenvalue weighted by Crippen LogP contribution is -2.55. The van der Waals surface area contributed by atoms with Gasteiger partial charge < -0.3 is 5.11 Å². The van der Waals surface area contributed by atoms with Gasteiger partial charge in [0.2, 0.25) is 0 Å². The van der Waals surface area contributed by atoms with E-state index in [1.807, 2.05) is 0 Å². The molecule has 0 radical (unpaired) electrons. The minimum Gasteiger partial charge on any atom is -0.389 e. The van der Waals surface area contributed by atoms with Crippen LogP contribution in [0.5, 0.6) is 0 Å². The van der Waals surface area contributed by atoms with Gasteiger partial charge in [0.1, 0.15) is 0 Å². The van der Waals surface area contributed by atoms with Crippen LogP contribution in [0.3, 0.4) is 0 Å². The molecule has 0 aromatic heterocycles. The van der Waals surface area contributed by atoms with Crippen molar-refractivity contribution in [3.05, 3.63) is 12.2 Å². The average molecular weight is 317 g/mol. The summed E-state index contributed by atoms with van der Waals surface area (Å²) < 4.78 is 0. The molecule has 4 aliphatic rings. The van der Waals surface area contributed by atoms with E-state index in [1.165, 1.54) is 44.9 Å². The van der Waals surface area contributed by atoms with Crippen LogP contribution in [0.4, 0.5) is 0 Å². The smallest absolute Gasteiger partial charge is 0.0703 e. The Labute approximate surface area is 142 Å². The summed E-state index contributed by atoms with van der Waals surface area (Å²) in [6.07, 6.45) is 17.5. The van der Waals surface area contributed by atoms with Crippen LogP contribution in [0.15, 0.2) is 12.2 Å². The van der Waals surface area contributed by atoms with Crippen molar-refractivity contribution in [3.63, 3.8) is 0 Å². The second-order valence-electron chi connectivity index (χ2n) is 9.84. The SMILES string of the molecule is CCC[C@]1(O)CC[C@H]2[C@@H]3CC[C@@H]4CC=CC[C@]4(C)[C@H]3CC[C@@]21C. The number of hydrogen-bond donors (Lipinski definition) is 1. The first-order valence-electron chi connectivity index (χ1n) is 10.3. The van der Waals surface area contributed by atoms with Crippen LogP contribution in [-0.4, -0.2) is 10.7 Å². The molecule has 3 saturated carbocycles. The van der Waals surface area contributed by atoms with Crippen molar-refractivity contribution in [2.45, 2.75) is 90.6 Å². The molecular weight excluding hydrogens is 280 g/mol. The third-order valence-electron chi connectivity index (χ3n) is 9.20. The normalized spacial score (nSPS) is 55.1. The Morgan fingerprint density at radius 2 is 1.78 bits per heavy atom. The third-order valence-corrected chi connectivity index (χ3v) is 9.20. The van der Waals surface area contributed by atoms with Gasteiger partial charge >= 0.3 is 0 Å². The lowest BCUT2D eigenvalue weighted by molar-refractivity contribution is -0.147. The first-order valence-corrected chi connectivity index (χ1v) is 10.3. The Bertz CT molecular complexity index is 496. The highest BCUT2D eigenvalue weighted by atomic mass is 16.3. The van der Waals surface area contributed by atoms with Crippen LogP contribution in [0.1, 0.15) is 85.0 Å². The van der Waals surface area contributed by atoms with Crippen molar-refractivity contribution in [2.24, 2.45) is 34.5 Å². The van der Waals surface area contributed by atoms with Crippen molar-refractivity contribution in [2.75, 3.05) is 0 Å². The van der Waals surface area contributed by atoms with Crippen LogP contribution < -0.4 is 0 Å². The highest BCUT2D eigenvalue weighted by Gasteiger charge is 2.63. The van der Waals surface area contributed by atoms with Crippen molar-refractivity contribution < 1.29 is 5.11 Å². The average Bonchev–Trinajstić information content (AvgIpc) is 2.79. The Balaban J connectivity index is 1.64. The molecule has 0 spiro atoms. The molecule has 1 N–H and O–H groups in total. The number of rotatable bonds is 2. The van der Waals surface area contributed by atoms with Gasteiger partial charge in [-0.25, -0.2) is 0 Å². The molecule has 0 unspecified atom stereocenters. The quantitative estimate of drug-likeness (QED) is 0.645. The van der Waals surface area contributed by atoms with Crippen molar-refractivity contribution >= 4 is 0 Å². The molecule has 0 saturated heterocycles. The van der Waals surface area contributed by atoms with E-state index in [2.05, 4.69) is 32.9 Å². The zero-order valence-electron chi connectivity index (χ0n) is 15.5. The van der Waals surface area contributed by atoms with Crippen LogP contribution >= 0.6 is 0 Å². The molecule has 1 heteroatoms. The van der Waals surface area contributed by atoms with Gasteiger partial charge in [0.15, 0.2) is 0 Å². The highest BCUT2D eigenvalue weighted by Crippen LogP contribution is 2.68. The first kappa shape index (κ1) is 16.2. The van der Waals surface area contributed by atoms with Crippen LogP contribution in [0, 0.1) is 34.5 Å². The third kappa shape index (κ3) is 2.08. The number of hydrogen-bond acceptors (Lipinski definition) is 1. The van der Waals surface area contributed by atoms with Crippen LogP contribution in [-0.2, 0) is 0 Å². The standard InChI is InChI=1S/C22H36O/c1-4-12-22(23)15-11-19-17-9-8-16-7-5-6-13-20(16,2)18(17)10-14-21(19,22)3/h5-6,16-19,23H,4,7-15H2,1-3H3/t16-,17+,18-,19-,20-,21-,22-/m0/s1. The zero-order valence-corrected chi connectivity index (χ0v) is 15.5. The molecule has 4 rings (SSSR count). The molecule has 23 heavy (non-hydrogen) atoms. The molecule has 0 heterocycles. The van der Waals surface area contributed by atoms with E-state index in [-0.39, 0.29) is 11.0 Å². The molecule has 0 bridgehead atoms. The largest absolute Gasteiger partial charge is 0.389 e. The monoisotopic (exact) mass is 316 g/mol. The second-order valence-corrected chi connectivity index (χ2v) is 9.84. The van der Waals surface area contributed by atoms with Gasteiger partial charge in [-0.1, -0.05) is 39.3 Å². The Kier molecular flexibility index (Phi) is 3.76. The summed E-state index contributed by atoms with van der Waals surface area (Å²) in [6, 6.07) is 0. The van der Waals surface area contributed by atoms with E-state index in [1.54, 1.807) is 0 Å². The summed E-state index contributed by atoms with van der Waals surface area (Å²) in [7, 11) is 0. The van der Waals surface area contributed by atoms with Crippen LogP contribution in [0.2, 0.25) is 0 Å². The fourth-order valence-corrected chi connectivity index (χ4v) is 7.77. The number of fused-ring (bicyclic) bond motifs is 5. The molecule has 0 amide bonds. The molecule has 3 fully saturated rings. The van der Waals surface area contributed by atoms with Gasteiger partial charge in [-0.3, -0.25) is 0 Å². The minimum absolute atomic E-state index is 0.192. The van der Waals surface area contributed by atoms with Crippen molar-refractivity contribution in [1.29, 1.82) is 0 Å². The Morgan fingerprint density at radius 1 is 1.00 bits per heavy atom. The summed E-state index contributed by atoms with van der Waals surface area (Å²) >= 11 is 0. The molecule has 4 aliphatic carbocycles. The molecule has 0 aromatic rings. The summed E-state index contributed by atoms with van der Waals surface area (Å²) in [6.45, 7) is 7.29. The molecule has 1 nitrogen and oxygen atoms in total. The zero-order chi connectivity index (χ0) is 16.3. The maximum absolute atomic E-state index is 11.4. The van der Waals surface area contributed by atoms with E-state index >= 15 is 0 Å². The maximum atomic E-state index is 11.4. The van der Waals surface area contributed by atoms with Gasteiger partial charge in [0.05, 0.1) is 5.60 Å². The fourth-order valence-electron chi connectivity index (χ4n) is 7.77. The summed E-state index contributed by atoms with van der Waals surface area (Å²) in [5, 5.41) is 11.4. The lowest BCUT2D eigenvalue weighted by atomic mass is 9.45.